The molecule has 0 radical (unpaired) electrons. The summed E-state index contributed by atoms with van der Waals surface area (Å²) in [6.07, 6.45) is 17.7. The van der Waals surface area contributed by atoms with Crippen LogP contribution in [-0.4, -0.2) is 5.78 Å². The van der Waals surface area contributed by atoms with Crippen molar-refractivity contribution in [1.82, 2.24) is 0 Å². The Labute approximate surface area is 114 Å². The van der Waals surface area contributed by atoms with Gasteiger partial charge in [-0.05, 0) is 18.8 Å². The molecule has 1 heteroatoms. The molecule has 0 aromatic heterocycles. The molecule has 0 N–H and O–H groups in total. The van der Waals surface area contributed by atoms with Crippen LogP contribution < -0.4 is 0 Å². The lowest BCUT2D eigenvalue weighted by atomic mass is 9.94. The molecule has 1 aliphatic rings. The zero-order valence-corrected chi connectivity index (χ0v) is 12.4. The molecule has 0 bridgehead atoms. The fourth-order valence-corrected chi connectivity index (χ4v) is 2.91. The number of carbonyl (C=O) groups is 1. The van der Waals surface area contributed by atoms with Crippen LogP contribution in [0.25, 0.3) is 0 Å². The standard InChI is InChI=1S/C17H32O/c1-16-12-10-8-6-4-2-3-5-7-9-11-13-17(18)15-14-16/h16H,2-15H2,1H3. The van der Waals surface area contributed by atoms with Crippen LogP contribution in [0.15, 0.2) is 0 Å². The van der Waals surface area contributed by atoms with Crippen LogP contribution in [0.4, 0.5) is 0 Å². The Morgan fingerprint density at radius 3 is 1.78 bits per heavy atom. The molecule has 0 amide bonds. The van der Waals surface area contributed by atoms with Gasteiger partial charge in [0, 0.05) is 12.8 Å². The predicted molar refractivity (Wildman–Crippen MR) is 78.8 cm³/mol. The largest absolute Gasteiger partial charge is 0.300 e. The summed E-state index contributed by atoms with van der Waals surface area (Å²) >= 11 is 0. The highest BCUT2D eigenvalue weighted by Gasteiger charge is 2.07. The van der Waals surface area contributed by atoms with Crippen LogP contribution in [0.2, 0.25) is 0 Å². The maximum Gasteiger partial charge on any atom is 0.132 e. The second-order valence-electron chi connectivity index (χ2n) is 6.26. The minimum absolute atomic E-state index is 0.508. The first kappa shape index (κ1) is 15.7. The first-order valence-corrected chi connectivity index (χ1v) is 8.31. The third-order valence-electron chi connectivity index (χ3n) is 4.32. The highest BCUT2D eigenvalue weighted by atomic mass is 16.1. The Bertz CT molecular complexity index is 210. The van der Waals surface area contributed by atoms with Crippen LogP contribution in [-0.2, 0) is 4.79 Å². The van der Waals surface area contributed by atoms with Crippen LogP contribution in [0.5, 0.6) is 0 Å². The Balaban J connectivity index is 2.21. The Morgan fingerprint density at radius 2 is 1.17 bits per heavy atom. The Morgan fingerprint density at radius 1 is 0.667 bits per heavy atom. The highest BCUT2D eigenvalue weighted by Crippen LogP contribution is 2.18. The summed E-state index contributed by atoms with van der Waals surface area (Å²) in [4.78, 5) is 11.7. The van der Waals surface area contributed by atoms with Gasteiger partial charge in [0.05, 0.1) is 0 Å². The molecular formula is C17H32O. The summed E-state index contributed by atoms with van der Waals surface area (Å²) in [6, 6.07) is 0. The van der Waals surface area contributed by atoms with Crippen LogP contribution in [0.1, 0.15) is 96.8 Å². The molecule has 1 fully saturated rings. The average molecular weight is 252 g/mol. The van der Waals surface area contributed by atoms with Gasteiger partial charge in [-0.2, -0.15) is 0 Å². The Kier molecular flexibility index (Phi) is 9.24. The van der Waals surface area contributed by atoms with Crippen molar-refractivity contribution >= 4 is 5.78 Å². The minimum atomic E-state index is 0.508. The maximum absolute atomic E-state index is 11.7. The molecule has 0 saturated heterocycles. The monoisotopic (exact) mass is 252 g/mol. The van der Waals surface area contributed by atoms with Crippen molar-refractivity contribution in [3.05, 3.63) is 0 Å². The van der Waals surface area contributed by atoms with Crippen molar-refractivity contribution in [1.29, 1.82) is 0 Å². The molecule has 0 aromatic carbocycles. The van der Waals surface area contributed by atoms with Gasteiger partial charge < -0.3 is 0 Å². The van der Waals surface area contributed by atoms with Gasteiger partial charge in [-0.15, -0.1) is 0 Å². The summed E-state index contributed by atoms with van der Waals surface area (Å²) in [5.41, 5.74) is 0. The molecule has 106 valence electrons. The SMILES string of the molecule is CC1CCCCCCCCCCCCC(=O)CC1. The molecule has 0 heterocycles. The molecule has 1 saturated carbocycles. The lowest BCUT2D eigenvalue weighted by Crippen LogP contribution is -2.03. The van der Waals surface area contributed by atoms with Gasteiger partial charge in [-0.1, -0.05) is 71.1 Å². The van der Waals surface area contributed by atoms with Crippen LogP contribution >= 0.6 is 0 Å². The molecular weight excluding hydrogens is 220 g/mol. The predicted octanol–water partition coefficient (Wildman–Crippen LogP) is 5.67. The molecule has 1 unspecified atom stereocenters. The lowest BCUT2D eigenvalue weighted by Gasteiger charge is -2.11. The molecule has 0 spiro atoms. The van der Waals surface area contributed by atoms with E-state index in [1.165, 1.54) is 64.2 Å². The van der Waals surface area contributed by atoms with Gasteiger partial charge in [0.1, 0.15) is 5.78 Å². The fourth-order valence-electron chi connectivity index (χ4n) is 2.91. The van der Waals surface area contributed by atoms with Crippen molar-refractivity contribution in [2.45, 2.75) is 96.8 Å². The summed E-state index contributed by atoms with van der Waals surface area (Å²) in [5.74, 6) is 1.26. The van der Waals surface area contributed by atoms with Gasteiger partial charge in [0.2, 0.25) is 0 Å². The molecule has 1 atom stereocenters. The summed E-state index contributed by atoms with van der Waals surface area (Å²) in [7, 11) is 0. The summed E-state index contributed by atoms with van der Waals surface area (Å²) in [5, 5.41) is 0. The van der Waals surface area contributed by atoms with E-state index >= 15 is 0 Å². The number of hydrogen-bond donors (Lipinski definition) is 0. The van der Waals surface area contributed by atoms with Crippen LogP contribution in [0.3, 0.4) is 0 Å². The summed E-state index contributed by atoms with van der Waals surface area (Å²) in [6.45, 7) is 2.32. The average Bonchev–Trinajstić information content (AvgIpc) is 2.36. The third kappa shape index (κ3) is 8.72. The maximum atomic E-state index is 11.7. The van der Waals surface area contributed by atoms with Gasteiger partial charge in [0.25, 0.3) is 0 Å². The smallest absolute Gasteiger partial charge is 0.132 e. The van der Waals surface area contributed by atoms with Crippen molar-refractivity contribution < 1.29 is 4.79 Å². The zero-order chi connectivity index (χ0) is 13.1. The van der Waals surface area contributed by atoms with Gasteiger partial charge in [-0.25, -0.2) is 0 Å². The van der Waals surface area contributed by atoms with Crippen molar-refractivity contribution in [2.75, 3.05) is 0 Å². The number of rotatable bonds is 0. The normalized spacial score (nSPS) is 26.9. The third-order valence-corrected chi connectivity index (χ3v) is 4.32. The molecule has 1 rings (SSSR count). The van der Waals surface area contributed by atoms with Crippen molar-refractivity contribution in [2.24, 2.45) is 5.92 Å². The molecule has 1 nitrogen and oxygen atoms in total. The molecule has 18 heavy (non-hydrogen) atoms. The van der Waals surface area contributed by atoms with E-state index in [0.29, 0.717) is 5.78 Å². The zero-order valence-electron chi connectivity index (χ0n) is 12.4. The first-order valence-electron chi connectivity index (χ1n) is 8.31. The topological polar surface area (TPSA) is 17.1 Å². The molecule has 0 aliphatic heterocycles. The van der Waals surface area contributed by atoms with Gasteiger partial charge in [-0.3, -0.25) is 4.79 Å². The second-order valence-corrected chi connectivity index (χ2v) is 6.26. The fraction of sp³-hybridized carbons (Fsp3) is 0.941. The van der Waals surface area contributed by atoms with Gasteiger partial charge >= 0.3 is 0 Å². The number of Topliss-reactive ketones (excluding diaryl/α,β-unsaturated/α-hetero) is 1. The van der Waals surface area contributed by atoms with Crippen LogP contribution in [0, 0.1) is 5.92 Å². The number of carbonyl (C=O) groups excluding carboxylic acids is 1. The van der Waals surface area contributed by atoms with E-state index < -0.39 is 0 Å². The van der Waals surface area contributed by atoms with Gasteiger partial charge in [0.15, 0.2) is 0 Å². The highest BCUT2D eigenvalue weighted by molar-refractivity contribution is 5.78. The van der Waals surface area contributed by atoms with E-state index in [1.54, 1.807) is 0 Å². The van der Waals surface area contributed by atoms with E-state index in [1.807, 2.05) is 0 Å². The van der Waals surface area contributed by atoms with Crippen molar-refractivity contribution in [3.63, 3.8) is 0 Å². The lowest BCUT2D eigenvalue weighted by molar-refractivity contribution is -0.119. The second kappa shape index (κ2) is 10.6. The number of hydrogen-bond acceptors (Lipinski definition) is 1. The summed E-state index contributed by atoms with van der Waals surface area (Å²) < 4.78 is 0. The van der Waals surface area contributed by atoms with Crippen molar-refractivity contribution in [3.8, 4) is 0 Å². The van der Waals surface area contributed by atoms with E-state index in [-0.39, 0.29) is 0 Å². The number of ketones is 1. The Hall–Kier alpha value is -0.330. The van der Waals surface area contributed by atoms with E-state index in [2.05, 4.69) is 6.92 Å². The molecule has 0 aromatic rings. The molecule has 1 aliphatic carbocycles. The van der Waals surface area contributed by atoms with E-state index in [9.17, 15) is 4.79 Å². The van der Waals surface area contributed by atoms with E-state index in [0.717, 1.165) is 31.6 Å². The quantitative estimate of drug-likeness (QED) is 0.543. The van der Waals surface area contributed by atoms with E-state index in [4.69, 9.17) is 0 Å². The first-order chi connectivity index (χ1) is 8.79. The minimum Gasteiger partial charge on any atom is -0.300 e.